The summed E-state index contributed by atoms with van der Waals surface area (Å²) in [6.45, 7) is 7.07. The third-order valence-electron chi connectivity index (χ3n) is 6.16. The molecule has 0 bridgehead atoms. The first kappa shape index (κ1) is 27.9. The van der Waals surface area contributed by atoms with Crippen LogP contribution in [0.1, 0.15) is 36.1 Å². The second-order valence-electron chi connectivity index (χ2n) is 8.84. The van der Waals surface area contributed by atoms with Gasteiger partial charge in [-0.25, -0.2) is 13.9 Å². The fourth-order valence-electron chi connectivity index (χ4n) is 3.95. The van der Waals surface area contributed by atoms with Crippen molar-refractivity contribution in [2.45, 2.75) is 33.5 Å². The number of hydrogen-bond donors (Lipinski definition) is 1. The van der Waals surface area contributed by atoms with Crippen LogP contribution in [0.5, 0.6) is 5.75 Å². The number of carbonyl (C=O) groups excluding carboxylic acids is 3. The number of rotatable bonds is 8. The fourth-order valence-corrected chi connectivity index (χ4v) is 4.12. The van der Waals surface area contributed by atoms with Gasteiger partial charge in [-0.1, -0.05) is 11.6 Å². The van der Waals surface area contributed by atoms with E-state index in [2.05, 4.69) is 15.5 Å². The zero-order valence-corrected chi connectivity index (χ0v) is 22.5. The van der Waals surface area contributed by atoms with Crippen molar-refractivity contribution in [1.29, 1.82) is 0 Å². The largest absolute Gasteiger partial charge is 0.471 e. The predicted octanol–water partition coefficient (Wildman–Crippen LogP) is 3.33. The van der Waals surface area contributed by atoms with Crippen LogP contribution in [0.2, 0.25) is 5.02 Å². The molecule has 208 valence electrons. The normalized spacial score (nSPS) is 14.2. The highest BCUT2D eigenvalue weighted by Crippen LogP contribution is 2.22. The van der Waals surface area contributed by atoms with Gasteiger partial charge in [0.2, 0.25) is 5.91 Å². The van der Waals surface area contributed by atoms with E-state index < -0.39 is 17.8 Å². The standard InChI is InChI=1S/C25H29ClFN7O5/c1-4-38-25(37)32-11-9-31(10-12-32)24(36)17(3)34-14-22(16(2)29-34)28-23(35)21-7-8-33(30-21)15-39-18-5-6-20(27)19(26)13-18/h5-8,13-14,17H,4,9-12,15H2,1-3H3,(H,28,35). The Hall–Kier alpha value is -4.13. The second kappa shape index (κ2) is 12.2. The minimum absolute atomic E-state index is 0.0140. The summed E-state index contributed by atoms with van der Waals surface area (Å²) in [5.74, 6) is -0.792. The summed E-state index contributed by atoms with van der Waals surface area (Å²) < 4.78 is 26.8. The maximum atomic E-state index is 13.3. The molecule has 0 spiro atoms. The lowest BCUT2D eigenvalue weighted by Gasteiger charge is -2.35. The van der Waals surface area contributed by atoms with Crippen LogP contribution < -0.4 is 10.1 Å². The summed E-state index contributed by atoms with van der Waals surface area (Å²) in [5.41, 5.74) is 1.12. The van der Waals surface area contributed by atoms with Gasteiger partial charge in [0.15, 0.2) is 12.4 Å². The molecular weight excluding hydrogens is 533 g/mol. The summed E-state index contributed by atoms with van der Waals surface area (Å²) in [6.07, 6.45) is 2.79. The van der Waals surface area contributed by atoms with Crippen molar-refractivity contribution in [3.8, 4) is 5.75 Å². The van der Waals surface area contributed by atoms with Crippen LogP contribution in [-0.2, 0) is 16.3 Å². The molecule has 3 heterocycles. The van der Waals surface area contributed by atoms with Crippen LogP contribution in [0, 0.1) is 12.7 Å². The molecule has 1 aliphatic heterocycles. The Morgan fingerprint density at radius 1 is 1.13 bits per heavy atom. The molecule has 4 rings (SSSR count). The number of aryl methyl sites for hydroxylation is 1. The minimum atomic E-state index is -0.611. The van der Waals surface area contributed by atoms with Gasteiger partial charge in [-0.3, -0.25) is 14.3 Å². The first-order valence-corrected chi connectivity index (χ1v) is 12.7. The number of carbonyl (C=O) groups is 3. The molecule has 12 nitrogen and oxygen atoms in total. The van der Waals surface area contributed by atoms with Crippen molar-refractivity contribution >= 4 is 35.2 Å². The number of hydrogen-bond acceptors (Lipinski definition) is 7. The Balaban J connectivity index is 1.32. The summed E-state index contributed by atoms with van der Waals surface area (Å²) in [6, 6.07) is 4.90. The lowest BCUT2D eigenvalue weighted by molar-refractivity contribution is -0.136. The van der Waals surface area contributed by atoms with Gasteiger partial charge in [0.05, 0.1) is 23.0 Å². The monoisotopic (exact) mass is 561 g/mol. The highest BCUT2D eigenvalue weighted by molar-refractivity contribution is 6.30. The molecule has 14 heteroatoms. The topological polar surface area (TPSA) is 124 Å². The van der Waals surface area contributed by atoms with Gasteiger partial charge in [0.1, 0.15) is 17.6 Å². The molecule has 0 aliphatic carbocycles. The van der Waals surface area contributed by atoms with Gasteiger partial charge < -0.3 is 24.6 Å². The van der Waals surface area contributed by atoms with Crippen LogP contribution in [0.15, 0.2) is 36.7 Å². The smallest absolute Gasteiger partial charge is 0.409 e. The van der Waals surface area contributed by atoms with Crippen molar-refractivity contribution in [2.75, 3.05) is 38.1 Å². The lowest BCUT2D eigenvalue weighted by Crippen LogP contribution is -2.52. The van der Waals surface area contributed by atoms with Gasteiger partial charge >= 0.3 is 6.09 Å². The molecule has 1 N–H and O–H groups in total. The van der Waals surface area contributed by atoms with Crippen LogP contribution in [-0.4, -0.2) is 80.1 Å². The molecule has 3 amide bonds. The highest BCUT2D eigenvalue weighted by atomic mass is 35.5. The van der Waals surface area contributed by atoms with E-state index >= 15 is 0 Å². The highest BCUT2D eigenvalue weighted by Gasteiger charge is 2.29. The average Bonchev–Trinajstić information content (AvgIpc) is 3.55. The van der Waals surface area contributed by atoms with Gasteiger partial charge in [-0.15, -0.1) is 0 Å². The van der Waals surface area contributed by atoms with Crippen molar-refractivity contribution in [1.82, 2.24) is 29.4 Å². The average molecular weight is 562 g/mol. The van der Waals surface area contributed by atoms with E-state index in [-0.39, 0.29) is 29.4 Å². The zero-order chi connectivity index (χ0) is 28.1. The Kier molecular flexibility index (Phi) is 8.69. The molecule has 3 aromatic rings. The van der Waals surface area contributed by atoms with Crippen LogP contribution in [0.25, 0.3) is 0 Å². The Labute approximate surface area is 229 Å². The van der Waals surface area contributed by atoms with E-state index in [4.69, 9.17) is 21.1 Å². The number of benzene rings is 1. The number of amides is 3. The van der Waals surface area contributed by atoms with Crippen molar-refractivity contribution in [2.24, 2.45) is 0 Å². The van der Waals surface area contributed by atoms with Crippen molar-refractivity contribution in [3.05, 3.63) is 58.9 Å². The van der Waals surface area contributed by atoms with E-state index in [0.717, 1.165) is 0 Å². The van der Waals surface area contributed by atoms with Gasteiger partial charge in [0, 0.05) is 44.6 Å². The second-order valence-corrected chi connectivity index (χ2v) is 9.25. The van der Waals surface area contributed by atoms with E-state index in [1.54, 1.807) is 43.0 Å². The Morgan fingerprint density at radius 2 is 1.85 bits per heavy atom. The molecular formula is C25H29ClFN7O5. The summed E-state index contributed by atoms with van der Waals surface area (Å²) in [7, 11) is 0. The van der Waals surface area contributed by atoms with Gasteiger partial charge in [0.25, 0.3) is 5.91 Å². The maximum absolute atomic E-state index is 13.3. The number of aromatic nitrogens is 4. The fraction of sp³-hybridized carbons (Fsp3) is 0.400. The Bertz CT molecular complexity index is 1350. The van der Waals surface area contributed by atoms with Crippen molar-refractivity contribution in [3.63, 3.8) is 0 Å². The minimum Gasteiger partial charge on any atom is -0.471 e. The first-order chi connectivity index (χ1) is 18.7. The number of nitrogens with one attached hydrogen (secondary N) is 1. The van der Waals surface area contributed by atoms with Crippen LogP contribution >= 0.6 is 11.6 Å². The summed E-state index contributed by atoms with van der Waals surface area (Å²) in [4.78, 5) is 41.0. The number of halogens is 2. The maximum Gasteiger partial charge on any atom is 0.409 e. The third-order valence-corrected chi connectivity index (χ3v) is 6.45. The molecule has 39 heavy (non-hydrogen) atoms. The molecule has 1 unspecified atom stereocenters. The lowest BCUT2D eigenvalue weighted by atomic mass is 10.2. The predicted molar refractivity (Wildman–Crippen MR) is 139 cm³/mol. The Morgan fingerprint density at radius 3 is 2.54 bits per heavy atom. The molecule has 0 saturated carbocycles. The molecule has 1 fully saturated rings. The van der Waals surface area contributed by atoms with Crippen LogP contribution in [0.3, 0.4) is 0 Å². The zero-order valence-electron chi connectivity index (χ0n) is 21.8. The molecule has 1 saturated heterocycles. The van der Waals surface area contributed by atoms with Crippen LogP contribution in [0.4, 0.5) is 14.9 Å². The van der Waals surface area contributed by atoms with E-state index in [9.17, 15) is 18.8 Å². The van der Waals surface area contributed by atoms with E-state index in [1.165, 1.54) is 33.6 Å². The van der Waals surface area contributed by atoms with E-state index in [0.29, 0.717) is 49.9 Å². The quantitative estimate of drug-likeness (QED) is 0.447. The molecule has 0 radical (unpaired) electrons. The van der Waals surface area contributed by atoms with E-state index in [1.807, 2.05) is 0 Å². The van der Waals surface area contributed by atoms with Gasteiger partial charge in [-0.2, -0.15) is 10.2 Å². The summed E-state index contributed by atoms with van der Waals surface area (Å²) in [5, 5.41) is 11.3. The number of ether oxygens (including phenoxy) is 2. The number of piperazine rings is 1. The summed E-state index contributed by atoms with van der Waals surface area (Å²) >= 11 is 5.76. The number of anilines is 1. The van der Waals surface area contributed by atoms with Gasteiger partial charge in [-0.05, 0) is 39.0 Å². The SMILES string of the molecule is CCOC(=O)N1CCN(C(=O)C(C)n2cc(NC(=O)c3ccn(COc4ccc(F)c(Cl)c4)n3)c(C)n2)CC1. The third kappa shape index (κ3) is 6.66. The molecule has 2 aromatic heterocycles. The molecule has 1 aliphatic rings. The first-order valence-electron chi connectivity index (χ1n) is 12.3. The van der Waals surface area contributed by atoms with Crippen molar-refractivity contribution < 1.29 is 28.2 Å². The number of nitrogens with zero attached hydrogens (tertiary/aromatic N) is 6. The molecule has 1 atom stereocenters. The molecule has 1 aromatic carbocycles.